The van der Waals surface area contributed by atoms with Gasteiger partial charge in [-0.25, -0.2) is 4.98 Å². The van der Waals surface area contributed by atoms with Gasteiger partial charge in [-0.3, -0.25) is 0 Å². The van der Waals surface area contributed by atoms with Crippen molar-refractivity contribution in [1.82, 2.24) is 4.98 Å². The Bertz CT molecular complexity index is 697. The Kier molecular flexibility index (Phi) is 3.67. The van der Waals surface area contributed by atoms with E-state index in [1.807, 2.05) is 5.38 Å². The number of thiophene rings is 1. The third kappa shape index (κ3) is 2.65. The molecule has 0 bridgehead atoms. The Morgan fingerprint density at radius 2 is 2.29 bits per heavy atom. The molecule has 2 aromatic rings. The largest absolute Gasteiger partial charge is 0.508 e. The monoisotopic (exact) mass is 320 g/mol. The second-order valence-corrected chi connectivity index (χ2v) is 8.31. The third-order valence-electron chi connectivity index (χ3n) is 4.02. The van der Waals surface area contributed by atoms with Gasteiger partial charge in [-0.15, -0.1) is 22.7 Å². The Labute approximate surface area is 133 Å². The maximum atomic E-state index is 10.1. The number of fused-ring (bicyclic) bond motifs is 1. The third-order valence-corrected chi connectivity index (χ3v) is 6.35. The predicted molar refractivity (Wildman–Crippen MR) is 90.8 cm³/mol. The molecule has 0 radical (unpaired) electrons. The summed E-state index contributed by atoms with van der Waals surface area (Å²) < 4.78 is 0. The summed E-state index contributed by atoms with van der Waals surface area (Å²) >= 11 is 3.34. The van der Waals surface area contributed by atoms with Crippen molar-refractivity contribution in [1.29, 1.82) is 0 Å². The second kappa shape index (κ2) is 5.23. The zero-order chi connectivity index (χ0) is 15.2. The van der Waals surface area contributed by atoms with Crippen LogP contribution in [0, 0.1) is 5.41 Å². The zero-order valence-corrected chi connectivity index (χ0v) is 14.0. The van der Waals surface area contributed by atoms with Crippen LogP contribution in [0.4, 0.5) is 0 Å². The topological polar surface area (TPSA) is 59.1 Å². The Hall–Kier alpha value is -1.17. The van der Waals surface area contributed by atoms with Crippen LogP contribution >= 0.6 is 22.7 Å². The molecular formula is C16H20N2OS2. The van der Waals surface area contributed by atoms with E-state index in [-0.39, 0.29) is 11.2 Å². The van der Waals surface area contributed by atoms with Crippen molar-refractivity contribution in [3.05, 3.63) is 33.7 Å². The lowest BCUT2D eigenvalue weighted by molar-refractivity contribution is 0.317. The Balaban J connectivity index is 2.14. The van der Waals surface area contributed by atoms with Gasteiger partial charge in [0, 0.05) is 22.4 Å². The van der Waals surface area contributed by atoms with Crippen molar-refractivity contribution in [2.75, 3.05) is 0 Å². The summed E-state index contributed by atoms with van der Waals surface area (Å²) in [5.74, 6) is 0.157. The summed E-state index contributed by atoms with van der Waals surface area (Å²) in [4.78, 5) is 7.00. The fourth-order valence-corrected chi connectivity index (χ4v) is 5.15. The molecule has 1 aliphatic rings. The standard InChI is InChI=1S/C16H20N2OS2/c1-9(19)13-11-6-16(2,3)5-4-12(11)21-14(13)15-18-10(7-17)8-20-15/h8,19H,1,4-7,17H2,2-3H3. The minimum atomic E-state index is 0.157. The molecule has 5 heteroatoms. The van der Waals surface area contributed by atoms with E-state index in [1.54, 1.807) is 22.7 Å². The van der Waals surface area contributed by atoms with E-state index >= 15 is 0 Å². The van der Waals surface area contributed by atoms with Gasteiger partial charge in [0.2, 0.25) is 0 Å². The van der Waals surface area contributed by atoms with Crippen LogP contribution in [0.1, 0.15) is 42.0 Å². The Morgan fingerprint density at radius 1 is 1.52 bits per heavy atom. The van der Waals surface area contributed by atoms with Gasteiger partial charge in [0.15, 0.2) is 0 Å². The van der Waals surface area contributed by atoms with Crippen molar-refractivity contribution >= 4 is 28.4 Å². The zero-order valence-electron chi connectivity index (χ0n) is 12.4. The van der Waals surface area contributed by atoms with Crippen molar-refractivity contribution in [3.8, 4) is 9.88 Å². The average Bonchev–Trinajstić information content (AvgIpc) is 3.00. The number of nitrogens with zero attached hydrogens (tertiary/aromatic N) is 1. The number of rotatable bonds is 3. The Morgan fingerprint density at radius 3 is 2.90 bits per heavy atom. The van der Waals surface area contributed by atoms with Gasteiger partial charge in [0.05, 0.1) is 10.6 Å². The maximum Gasteiger partial charge on any atom is 0.134 e. The highest BCUT2D eigenvalue weighted by Crippen LogP contribution is 2.47. The van der Waals surface area contributed by atoms with E-state index < -0.39 is 0 Å². The highest BCUT2D eigenvalue weighted by Gasteiger charge is 2.32. The molecule has 2 heterocycles. The first-order valence-corrected chi connectivity index (χ1v) is 8.78. The first kappa shape index (κ1) is 14.8. The molecule has 21 heavy (non-hydrogen) atoms. The fourth-order valence-electron chi connectivity index (χ4n) is 2.88. The van der Waals surface area contributed by atoms with Gasteiger partial charge in [0.1, 0.15) is 10.8 Å². The van der Waals surface area contributed by atoms with E-state index in [0.29, 0.717) is 6.54 Å². The van der Waals surface area contributed by atoms with Gasteiger partial charge in [-0.05, 0) is 30.2 Å². The summed E-state index contributed by atoms with van der Waals surface area (Å²) in [5, 5.41) is 13.0. The summed E-state index contributed by atoms with van der Waals surface area (Å²) in [6.07, 6.45) is 3.24. The van der Waals surface area contributed by atoms with Crippen LogP contribution < -0.4 is 5.73 Å². The number of aliphatic hydroxyl groups excluding tert-OH is 1. The van der Waals surface area contributed by atoms with Crippen LogP contribution in [0.5, 0.6) is 0 Å². The molecule has 1 aliphatic carbocycles. The molecule has 0 fully saturated rings. The summed E-state index contributed by atoms with van der Waals surface area (Å²) in [6.45, 7) is 8.80. The molecule has 0 atom stereocenters. The first-order valence-electron chi connectivity index (χ1n) is 7.09. The van der Waals surface area contributed by atoms with Crippen molar-refractivity contribution in [3.63, 3.8) is 0 Å². The molecule has 3 N–H and O–H groups in total. The number of aryl methyl sites for hydroxylation is 1. The summed E-state index contributed by atoms with van der Waals surface area (Å²) in [7, 11) is 0. The van der Waals surface area contributed by atoms with Crippen LogP contribution in [0.3, 0.4) is 0 Å². The molecule has 0 spiro atoms. The molecule has 3 rings (SSSR count). The number of nitrogens with two attached hydrogens (primary N) is 1. The molecule has 0 amide bonds. The minimum absolute atomic E-state index is 0.157. The van der Waals surface area contributed by atoms with E-state index in [9.17, 15) is 5.11 Å². The minimum Gasteiger partial charge on any atom is -0.508 e. The lowest BCUT2D eigenvalue weighted by Gasteiger charge is -2.29. The maximum absolute atomic E-state index is 10.1. The quantitative estimate of drug-likeness (QED) is 0.825. The molecule has 3 nitrogen and oxygen atoms in total. The van der Waals surface area contributed by atoms with Gasteiger partial charge in [-0.2, -0.15) is 0 Å². The fraction of sp³-hybridized carbons (Fsp3) is 0.438. The molecule has 2 aromatic heterocycles. The van der Waals surface area contributed by atoms with E-state index in [2.05, 4.69) is 25.4 Å². The van der Waals surface area contributed by atoms with Crippen LogP contribution in [0.2, 0.25) is 0 Å². The molecule has 112 valence electrons. The molecule has 0 aliphatic heterocycles. The van der Waals surface area contributed by atoms with E-state index in [4.69, 9.17) is 5.73 Å². The lowest BCUT2D eigenvalue weighted by atomic mass is 9.76. The first-order chi connectivity index (χ1) is 9.91. The van der Waals surface area contributed by atoms with Gasteiger partial charge in [-0.1, -0.05) is 20.4 Å². The van der Waals surface area contributed by atoms with Crippen LogP contribution in [0.15, 0.2) is 12.0 Å². The number of aliphatic hydroxyl groups is 1. The van der Waals surface area contributed by atoms with Crippen LogP contribution in [-0.2, 0) is 19.4 Å². The molecule has 0 unspecified atom stereocenters. The van der Waals surface area contributed by atoms with Crippen LogP contribution in [-0.4, -0.2) is 10.1 Å². The normalized spacial score (nSPS) is 16.7. The van der Waals surface area contributed by atoms with Crippen molar-refractivity contribution in [2.24, 2.45) is 11.1 Å². The number of hydrogen-bond acceptors (Lipinski definition) is 5. The molecule has 0 saturated carbocycles. The molecular weight excluding hydrogens is 300 g/mol. The van der Waals surface area contributed by atoms with Crippen LogP contribution in [0.25, 0.3) is 15.6 Å². The highest BCUT2D eigenvalue weighted by molar-refractivity contribution is 7.21. The van der Waals surface area contributed by atoms with Gasteiger partial charge in [0.25, 0.3) is 0 Å². The molecule has 0 aromatic carbocycles. The van der Waals surface area contributed by atoms with Crippen molar-refractivity contribution in [2.45, 2.75) is 39.7 Å². The molecule has 0 saturated heterocycles. The van der Waals surface area contributed by atoms with E-state index in [1.165, 1.54) is 16.9 Å². The summed E-state index contributed by atoms with van der Waals surface area (Å²) in [5.41, 5.74) is 9.00. The number of hydrogen-bond donors (Lipinski definition) is 2. The van der Waals surface area contributed by atoms with Gasteiger partial charge < -0.3 is 10.8 Å². The summed E-state index contributed by atoms with van der Waals surface area (Å²) in [6, 6.07) is 0. The predicted octanol–water partition coefficient (Wildman–Crippen LogP) is 4.37. The van der Waals surface area contributed by atoms with Crippen molar-refractivity contribution < 1.29 is 5.11 Å². The SMILES string of the molecule is C=C(O)c1c(-c2nc(CN)cs2)sc2c1CC(C)(C)CC2. The smallest absolute Gasteiger partial charge is 0.134 e. The van der Waals surface area contributed by atoms with Gasteiger partial charge >= 0.3 is 0 Å². The number of thiazole rings is 1. The average molecular weight is 320 g/mol. The lowest BCUT2D eigenvalue weighted by Crippen LogP contribution is -2.21. The second-order valence-electron chi connectivity index (χ2n) is 6.34. The van der Waals surface area contributed by atoms with E-state index in [0.717, 1.165) is 34.0 Å². The number of aromatic nitrogens is 1. The highest BCUT2D eigenvalue weighted by atomic mass is 32.1.